The van der Waals surface area contributed by atoms with E-state index in [2.05, 4.69) is 9.97 Å². The number of fused-ring (bicyclic) bond motifs is 1. The summed E-state index contributed by atoms with van der Waals surface area (Å²) in [5.74, 6) is -1.70. The molecule has 0 bridgehead atoms. The van der Waals surface area contributed by atoms with Crippen LogP contribution in [0.2, 0.25) is 0 Å². The van der Waals surface area contributed by atoms with E-state index < -0.39 is 29.7 Å². The van der Waals surface area contributed by atoms with E-state index in [1.54, 1.807) is 16.8 Å². The molecule has 1 N–H and O–H groups in total. The number of aromatic nitrogens is 3. The van der Waals surface area contributed by atoms with Gasteiger partial charge in [0.25, 0.3) is 5.91 Å². The van der Waals surface area contributed by atoms with Crippen molar-refractivity contribution < 1.29 is 18.7 Å². The number of aliphatic hydroxyl groups excluding tert-OH is 1. The van der Waals surface area contributed by atoms with Crippen molar-refractivity contribution in [2.24, 2.45) is 0 Å². The molecule has 128 valence electrons. The van der Waals surface area contributed by atoms with Crippen LogP contribution < -0.4 is 0 Å². The van der Waals surface area contributed by atoms with Crippen molar-refractivity contribution in [1.29, 1.82) is 0 Å². The van der Waals surface area contributed by atoms with Gasteiger partial charge in [-0.2, -0.15) is 0 Å². The number of amides is 1. The van der Waals surface area contributed by atoms with Gasteiger partial charge in [-0.25, -0.2) is 18.7 Å². The van der Waals surface area contributed by atoms with E-state index in [0.29, 0.717) is 5.65 Å². The maximum Gasteiger partial charge on any atom is 0.276 e. The zero-order valence-electron chi connectivity index (χ0n) is 13.0. The Morgan fingerprint density at radius 2 is 1.96 bits per heavy atom. The van der Waals surface area contributed by atoms with Gasteiger partial charge in [-0.15, -0.1) is 0 Å². The van der Waals surface area contributed by atoms with Crippen LogP contribution in [0.1, 0.15) is 28.5 Å². The Bertz CT molecular complexity index is 959. The smallest absolute Gasteiger partial charge is 0.276 e. The number of hydrogen-bond donors (Lipinski definition) is 1. The number of rotatable bonds is 2. The second-order valence-electron chi connectivity index (χ2n) is 5.96. The maximum absolute atomic E-state index is 14.2. The fraction of sp³-hybridized carbons (Fsp3) is 0.235. The van der Waals surface area contributed by atoms with Crippen molar-refractivity contribution >= 4 is 11.6 Å². The van der Waals surface area contributed by atoms with Crippen molar-refractivity contribution in [2.75, 3.05) is 6.54 Å². The molecule has 1 fully saturated rings. The van der Waals surface area contributed by atoms with Crippen molar-refractivity contribution in [3.63, 3.8) is 0 Å². The Labute approximate surface area is 141 Å². The van der Waals surface area contributed by atoms with Gasteiger partial charge in [-0.1, -0.05) is 0 Å². The summed E-state index contributed by atoms with van der Waals surface area (Å²) in [6.45, 7) is 0.0168. The lowest BCUT2D eigenvalue weighted by atomic mass is 10.0. The predicted octanol–water partition coefficient (Wildman–Crippen LogP) is 1.96. The Kier molecular flexibility index (Phi) is 3.69. The summed E-state index contributed by atoms with van der Waals surface area (Å²) in [4.78, 5) is 22.5. The van der Waals surface area contributed by atoms with E-state index in [-0.39, 0.29) is 24.2 Å². The molecule has 1 aliphatic heterocycles. The van der Waals surface area contributed by atoms with Crippen LogP contribution in [-0.4, -0.2) is 42.9 Å². The van der Waals surface area contributed by atoms with Crippen LogP contribution in [0.4, 0.5) is 8.78 Å². The van der Waals surface area contributed by atoms with Gasteiger partial charge in [-0.05, 0) is 24.6 Å². The van der Waals surface area contributed by atoms with Crippen LogP contribution >= 0.6 is 0 Å². The molecule has 2 aromatic heterocycles. The number of benzene rings is 1. The van der Waals surface area contributed by atoms with Gasteiger partial charge in [0, 0.05) is 36.9 Å². The molecule has 0 saturated carbocycles. The Balaban J connectivity index is 1.76. The average Bonchev–Trinajstić information content (AvgIpc) is 3.22. The van der Waals surface area contributed by atoms with Crippen molar-refractivity contribution in [3.05, 3.63) is 65.9 Å². The molecule has 6 nitrogen and oxygen atoms in total. The number of carbonyl (C=O) groups is 1. The first-order valence-corrected chi connectivity index (χ1v) is 7.76. The number of hydrogen-bond acceptors (Lipinski definition) is 4. The molecule has 0 radical (unpaired) electrons. The number of likely N-dealkylation sites (tertiary alicyclic amines) is 1. The first-order valence-electron chi connectivity index (χ1n) is 7.76. The zero-order valence-corrected chi connectivity index (χ0v) is 13.0. The van der Waals surface area contributed by atoms with Gasteiger partial charge in [0.15, 0.2) is 11.3 Å². The maximum atomic E-state index is 14.2. The van der Waals surface area contributed by atoms with Crippen LogP contribution in [0, 0.1) is 11.6 Å². The van der Waals surface area contributed by atoms with Crippen molar-refractivity contribution in [3.8, 4) is 0 Å². The minimum atomic E-state index is -0.823. The number of β-amino-alcohol motifs (C(OH)–C–C–N with tert-alkyl or cyclic N) is 1. The summed E-state index contributed by atoms with van der Waals surface area (Å²) >= 11 is 0. The largest absolute Gasteiger partial charge is 0.391 e. The molecular formula is C17H14F2N4O2. The summed E-state index contributed by atoms with van der Waals surface area (Å²) in [5.41, 5.74) is 0.510. The lowest BCUT2D eigenvalue weighted by Crippen LogP contribution is -2.33. The van der Waals surface area contributed by atoms with E-state index in [1.165, 1.54) is 17.3 Å². The Morgan fingerprint density at radius 3 is 2.76 bits per heavy atom. The van der Waals surface area contributed by atoms with Crippen molar-refractivity contribution in [1.82, 2.24) is 19.3 Å². The molecule has 4 rings (SSSR count). The lowest BCUT2D eigenvalue weighted by Gasteiger charge is -2.24. The first kappa shape index (κ1) is 15.6. The van der Waals surface area contributed by atoms with Gasteiger partial charge in [0.05, 0.1) is 12.1 Å². The molecule has 3 heterocycles. The standard InChI is InChI=1S/C17H14F2N4O2/c18-10-1-2-13(19)12(7-10)14-8-11(24)9-23(14)17(25)15-16-21-4-6-22(16)5-3-20-15/h1-7,11,14,24H,8-9H2/t11-,14+/m0/s1. The van der Waals surface area contributed by atoms with E-state index in [9.17, 15) is 18.7 Å². The van der Waals surface area contributed by atoms with Crippen molar-refractivity contribution in [2.45, 2.75) is 18.6 Å². The van der Waals surface area contributed by atoms with Gasteiger partial charge < -0.3 is 14.4 Å². The van der Waals surface area contributed by atoms with E-state index in [0.717, 1.165) is 18.2 Å². The zero-order chi connectivity index (χ0) is 17.6. The molecule has 1 amide bonds. The van der Waals surface area contributed by atoms with Crippen LogP contribution in [0.5, 0.6) is 0 Å². The Hall–Kier alpha value is -2.87. The summed E-state index contributed by atoms with van der Waals surface area (Å²) in [7, 11) is 0. The second kappa shape index (κ2) is 5.89. The summed E-state index contributed by atoms with van der Waals surface area (Å²) in [6.07, 6.45) is 5.64. The number of carbonyl (C=O) groups excluding carboxylic acids is 1. The van der Waals surface area contributed by atoms with E-state index in [4.69, 9.17) is 0 Å². The quantitative estimate of drug-likeness (QED) is 0.771. The number of imidazole rings is 1. The van der Waals surface area contributed by atoms with Gasteiger partial charge in [0.1, 0.15) is 11.6 Å². The third-order valence-electron chi connectivity index (χ3n) is 4.37. The van der Waals surface area contributed by atoms with Gasteiger partial charge in [-0.3, -0.25) is 4.79 Å². The van der Waals surface area contributed by atoms with Gasteiger partial charge in [0.2, 0.25) is 0 Å². The normalized spacial score (nSPS) is 20.4. The molecule has 1 aromatic carbocycles. The highest BCUT2D eigenvalue weighted by atomic mass is 19.1. The molecule has 1 aliphatic rings. The highest BCUT2D eigenvalue weighted by Crippen LogP contribution is 2.35. The summed E-state index contributed by atoms with van der Waals surface area (Å²) < 4.78 is 29.4. The molecule has 3 aromatic rings. The number of aliphatic hydroxyl groups is 1. The predicted molar refractivity (Wildman–Crippen MR) is 83.7 cm³/mol. The van der Waals surface area contributed by atoms with E-state index in [1.807, 2.05) is 0 Å². The topological polar surface area (TPSA) is 70.7 Å². The highest BCUT2D eigenvalue weighted by Gasteiger charge is 2.38. The fourth-order valence-electron chi connectivity index (χ4n) is 3.24. The molecule has 0 unspecified atom stereocenters. The molecule has 0 aliphatic carbocycles. The minimum Gasteiger partial charge on any atom is -0.391 e. The molecular weight excluding hydrogens is 330 g/mol. The summed E-state index contributed by atoms with van der Waals surface area (Å²) in [6, 6.07) is 2.33. The molecule has 0 spiro atoms. The van der Waals surface area contributed by atoms with E-state index >= 15 is 0 Å². The van der Waals surface area contributed by atoms with Gasteiger partial charge >= 0.3 is 0 Å². The van der Waals surface area contributed by atoms with Crippen LogP contribution in [0.15, 0.2) is 43.0 Å². The monoisotopic (exact) mass is 344 g/mol. The molecule has 1 saturated heterocycles. The third-order valence-corrected chi connectivity index (χ3v) is 4.37. The Morgan fingerprint density at radius 1 is 1.20 bits per heavy atom. The first-order chi connectivity index (χ1) is 12.0. The highest BCUT2D eigenvalue weighted by molar-refractivity contribution is 5.98. The third kappa shape index (κ3) is 2.64. The second-order valence-corrected chi connectivity index (χ2v) is 5.96. The minimum absolute atomic E-state index is 0.0168. The van der Waals surface area contributed by atoms with Crippen LogP contribution in [-0.2, 0) is 0 Å². The summed E-state index contributed by atoms with van der Waals surface area (Å²) in [5, 5.41) is 10.0. The molecule has 2 atom stereocenters. The fourth-order valence-corrected chi connectivity index (χ4v) is 3.24. The van der Waals surface area contributed by atoms with Crippen LogP contribution in [0.25, 0.3) is 5.65 Å². The molecule has 8 heteroatoms. The lowest BCUT2D eigenvalue weighted by molar-refractivity contribution is 0.0709. The van der Waals surface area contributed by atoms with Crippen LogP contribution in [0.3, 0.4) is 0 Å². The molecule has 25 heavy (non-hydrogen) atoms. The number of nitrogens with zero attached hydrogens (tertiary/aromatic N) is 4. The number of halogens is 2. The average molecular weight is 344 g/mol. The SMILES string of the molecule is O=C(c1nccn2ccnc12)N1C[C@@H](O)C[C@@H]1c1cc(F)ccc1F.